The molecule has 8 nitrogen and oxygen atoms in total. The number of ether oxygens (including phenoxy) is 1. The molecule has 0 unspecified atom stereocenters. The maximum atomic E-state index is 12.5. The van der Waals surface area contributed by atoms with Crippen LogP contribution < -0.4 is 10.2 Å². The number of methoxy groups -OCH3 is 1. The second kappa shape index (κ2) is 7.62. The van der Waals surface area contributed by atoms with Gasteiger partial charge in [0.25, 0.3) is 5.91 Å². The third kappa shape index (κ3) is 3.37. The molecule has 0 atom stereocenters. The fourth-order valence-corrected chi connectivity index (χ4v) is 3.90. The van der Waals surface area contributed by atoms with Gasteiger partial charge in [-0.3, -0.25) is 19.3 Å². The monoisotopic (exact) mass is 397 g/mol. The van der Waals surface area contributed by atoms with E-state index in [1.807, 2.05) is 6.07 Å². The summed E-state index contributed by atoms with van der Waals surface area (Å²) < 4.78 is 4.69. The van der Waals surface area contributed by atoms with Crippen molar-refractivity contribution >= 4 is 45.7 Å². The Balaban J connectivity index is 1.82. The van der Waals surface area contributed by atoms with Gasteiger partial charge in [-0.15, -0.1) is 11.3 Å². The van der Waals surface area contributed by atoms with Crippen LogP contribution in [0.2, 0.25) is 0 Å². The topological polar surface area (TPSA) is 117 Å². The first kappa shape index (κ1) is 19.3. The van der Waals surface area contributed by atoms with E-state index in [9.17, 15) is 24.4 Å². The highest BCUT2D eigenvalue weighted by Crippen LogP contribution is 2.33. The molecule has 0 aliphatic carbocycles. The number of rotatable bonds is 4. The highest BCUT2D eigenvalue weighted by Gasteiger charge is 2.30. The predicted octanol–water partition coefficient (Wildman–Crippen LogP) is 2.62. The molecular formula is C19H15N3O5S. The van der Waals surface area contributed by atoms with E-state index in [1.54, 1.807) is 6.92 Å². The fraction of sp³-hybridized carbons (Fsp3) is 0.211. The number of benzene rings is 1. The van der Waals surface area contributed by atoms with Gasteiger partial charge in [0.2, 0.25) is 11.8 Å². The summed E-state index contributed by atoms with van der Waals surface area (Å²) in [5, 5.41) is 12.2. The highest BCUT2D eigenvalue weighted by atomic mass is 32.1. The van der Waals surface area contributed by atoms with Crippen LogP contribution in [0.3, 0.4) is 0 Å². The van der Waals surface area contributed by atoms with Gasteiger partial charge >= 0.3 is 5.97 Å². The van der Waals surface area contributed by atoms with E-state index >= 15 is 0 Å². The Kier molecular flexibility index (Phi) is 5.24. The average Bonchev–Trinajstić information content (AvgIpc) is 3.19. The molecule has 1 saturated heterocycles. The van der Waals surface area contributed by atoms with Crippen molar-refractivity contribution in [3.8, 4) is 6.07 Å². The van der Waals surface area contributed by atoms with E-state index in [2.05, 4.69) is 10.1 Å². The number of esters is 1. The van der Waals surface area contributed by atoms with Crippen molar-refractivity contribution < 1.29 is 23.9 Å². The maximum Gasteiger partial charge on any atom is 0.348 e. The summed E-state index contributed by atoms with van der Waals surface area (Å²) in [5.41, 5.74) is 1.32. The van der Waals surface area contributed by atoms with Crippen LogP contribution in [0.4, 0.5) is 10.7 Å². The second-order valence-corrected chi connectivity index (χ2v) is 7.01. The fourth-order valence-electron chi connectivity index (χ4n) is 2.83. The third-order valence-corrected chi connectivity index (χ3v) is 5.48. The summed E-state index contributed by atoms with van der Waals surface area (Å²) in [5.74, 6) is -1.61. The minimum Gasteiger partial charge on any atom is -0.465 e. The van der Waals surface area contributed by atoms with Gasteiger partial charge in [0.1, 0.15) is 15.9 Å². The molecule has 1 aliphatic heterocycles. The number of carbonyl (C=O) groups is 4. The Morgan fingerprint density at radius 3 is 2.32 bits per heavy atom. The van der Waals surface area contributed by atoms with Crippen LogP contribution in [0.15, 0.2) is 24.3 Å². The minimum atomic E-state index is -0.580. The molecule has 1 aliphatic rings. The van der Waals surface area contributed by atoms with E-state index in [1.165, 1.54) is 31.4 Å². The van der Waals surface area contributed by atoms with Crippen molar-refractivity contribution in [1.29, 1.82) is 5.26 Å². The summed E-state index contributed by atoms with van der Waals surface area (Å²) in [6.45, 7) is 1.61. The van der Waals surface area contributed by atoms with Crippen LogP contribution in [0.1, 0.15) is 44.0 Å². The van der Waals surface area contributed by atoms with Crippen LogP contribution in [0, 0.1) is 18.3 Å². The Morgan fingerprint density at radius 1 is 1.18 bits per heavy atom. The molecule has 1 fully saturated rings. The third-order valence-electron chi connectivity index (χ3n) is 4.30. The molecule has 28 heavy (non-hydrogen) atoms. The van der Waals surface area contributed by atoms with Gasteiger partial charge in [-0.2, -0.15) is 5.26 Å². The van der Waals surface area contributed by atoms with Crippen LogP contribution in [-0.2, 0) is 14.3 Å². The predicted molar refractivity (Wildman–Crippen MR) is 101 cm³/mol. The largest absolute Gasteiger partial charge is 0.465 e. The number of carbonyl (C=O) groups excluding carboxylic acids is 4. The number of hydrogen-bond donors (Lipinski definition) is 1. The molecule has 1 aromatic heterocycles. The van der Waals surface area contributed by atoms with Gasteiger partial charge in [0.15, 0.2) is 0 Å². The number of nitrogens with zero attached hydrogens (tertiary/aromatic N) is 2. The summed E-state index contributed by atoms with van der Waals surface area (Å²) in [7, 11) is 1.24. The minimum absolute atomic E-state index is 0.179. The molecule has 0 spiro atoms. The van der Waals surface area contributed by atoms with E-state index < -0.39 is 11.9 Å². The molecule has 9 heteroatoms. The lowest BCUT2D eigenvalue weighted by Crippen LogP contribution is -2.28. The van der Waals surface area contributed by atoms with Crippen molar-refractivity contribution in [2.75, 3.05) is 17.3 Å². The molecule has 0 bridgehead atoms. The lowest BCUT2D eigenvalue weighted by molar-refractivity contribution is -0.121. The number of thiophene rings is 1. The van der Waals surface area contributed by atoms with Gasteiger partial charge in [0, 0.05) is 18.4 Å². The maximum absolute atomic E-state index is 12.5. The van der Waals surface area contributed by atoms with Gasteiger partial charge in [-0.25, -0.2) is 4.79 Å². The number of amides is 3. The van der Waals surface area contributed by atoms with Gasteiger partial charge < -0.3 is 10.1 Å². The average molecular weight is 397 g/mol. The molecule has 0 radical (unpaired) electrons. The Labute approximate surface area is 164 Å². The zero-order valence-electron chi connectivity index (χ0n) is 15.1. The van der Waals surface area contributed by atoms with Crippen LogP contribution in [0.25, 0.3) is 0 Å². The van der Waals surface area contributed by atoms with Crippen molar-refractivity contribution in [3.63, 3.8) is 0 Å². The molecule has 3 amide bonds. The first-order chi connectivity index (χ1) is 13.4. The molecule has 1 N–H and O–H groups in total. The smallest absolute Gasteiger partial charge is 0.348 e. The first-order valence-corrected chi connectivity index (χ1v) is 9.08. The quantitative estimate of drug-likeness (QED) is 0.626. The zero-order valence-corrected chi connectivity index (χ0v) is 15.9. The molecule has 2 aromatic rings. The number of nitrogens with one attached hydrogen (secondary N) is 1. The Bertz CT molecular complexity index is 1020. The van der Waals surface area contributed by atoms with Gasteiger partial charge in [-0.1, -0.05) is 0 Å². The van der Waals surface area contributed by atoms with E-state index in [4.69, 9.17) is 0 Å². The second-order valence-electron chi connectivity index (χ2n) is 5.99. The summed E-state index contributed by atoms with van der Waals surface area (Å²) in [6.07, 6.45) is 0.358. The molecule has 1 aromatic carbocycles. The van der Waals surface area contributed by atoms with Crippen molar-refractivity contribution in [1.82, 2.24) is 0 Å². The number of hydrogen-bond acceptors (Lipinski definition) is 7. The van der Waals surface area contributed by atoms with Crippen LogP contribution in [0.5, 0.6) is 0 Å². The Hall–Kier alpha value is -3.51. The highest BCUT2D eigenvalue weighted by molar-refractivity contribution is 7.18. The normalized spacial score (nSPS) is 13.4. The van der Waals surface area contributed by atoms with E-state index in [-0.39, 0.29) is 45.7 Å². The number of imide groups is 1. The van der Waals surface area contributed by atoms with Crippen molar-refractivity contribution in [3.05, 3.63) is 45.8 Å². The first-order valence-electron chi connectivity index (χ1n) is 8.26. The van der Waals surface area contributed by atoms with Crippen molar-refractivity contribution in [2.24, 2.45) is 0 Å². The van der Waals surface area contributed by atoms with Gasteiger partial charge in [0.05, 0.1) is 18.4 Å². The standard InChI is InChI=1S/C19H15N3O5S/c1-10-13(9-20)18(28-16(10)19(26)27-2)21-17(25)11-3-5-12(6-4-11)22-14(23)7-8-15(22)24/h3-6H,7-8H2,1-2H3,(H,21,25). The molecular weight excluding hydrogens is 382 g/mol. The van der Waals surface area contributed by atoms with E-state index in [0.29, 0.717) is 11.3 Å². The molecule has 0 saturated carbocycles. The molecule has 142 valence electrons. The van der Waals surface area contributed by atoms with E-state index in [0.717, 1.165) is 16.2 Å². The lowest BCUT2D eigenvalue weighted by atomic mass is 10.1. The van der Waals surface area contributed by atoms with Crippen LogP contribution >= 0.6 is 11.3 Å². The van der Waals surface area contributed by atoms with Gasteiger partial charge in [-0.05, 0) is 36.8 Å². The lowest BCUT2D eigenvalue weighted by Gasteiger charge is -2.14. The Morgan fingerprint density at radius 2 is 1.79 bits per heavy atom. The van der Waals surface area contributed by atoms with Crippen LogP contribution in [-0.4, -0.2) is 30.8 Å². The SMILES string of the molecule is COC(=O)c1sc(NC(=O)c2ccc(N3C(=O)CCC3=O)cc2)c(C#N)c1C. The summed E-state index contributed by atoms with van der Waals surface area (Å²) >= 11 is 0.964. The number of anilines is 2. The molecule has 2 heterocycles. The summed E-state index contributed by atoms with van der Waals surface area (Å²) in [4.78, 5) is 49.2. The zero-order chi connectivity index (χ0) is 20.4. The molecule has 3 rings (SSSR count). The number of nitriles is 1. The summed E-state index contributed by atoms with van der Waals surface area (Å²) in [6, 6.07) is 7.98. The van der Waals surface area contributed by atoms with Crippen molar-refractivity contribution in [2.45, 2.75) is 19.8 Å².